The van der Waals surface area contributed by atoms with E-state index in [-0.39, 0.29) is 5.75 Å². The normalized spacial score (nSPS) is 15.3. The Balaban J connectivity index is 1.32. The van der Waals surface area contributed by atoms with Gasteiger partial charge >= 0.3 is 0 Å². The minimum Gasteiger partial charge on any atom is -0.506 e. The van der Waals surface area contributed by atoms with E-state index in [1.165, 1.54) is 0 Å². The number of nitrogens with zero attached hydrogens (tertiary/aromatic N) is 6. The van der Waals surface area contributed by atoms with Crippen molar-refractivity contribution in [3.63, 3.8) is 0 Å². The molecule has 1 saturated heterocycles. The van der Waals surface area contributed by atoms with E-state index in [1.807, 2.05) is 31.7 Å². The van der Waals surface area contributed by atoms with Crippen LogP contribution in [0.4, 0.5) is 5.95 Å². The number of aryl methyl sites for hydroxylation is 2. The van der Waals surface area contributed by atoms with Crippen LogP contribution in [-0.4, -0.2) is 59.8 Å². The van der Waals surface area contributed by atoms with Gasteiger partial charge in [0.25, 0.3) is 0 Å². The maximum Gasteiger partial charge on any atom is 0.204 e. The summed E-state index contributed by atoms with van der Waals surface area (Å²) in [5.41, 5.74) is 4.74. The molecule has 4 heterocycles. The highest BCUT2D eigenvalue weighted by molar-refractivity contribution is 5.82. The van der Waals surface area contributed by atoms with E-state index in [2.05, 4.69) is 54.4 Å². The van der Waals surface area contributed by atoms with Crippen molar-refractivity contribution in [3.05, 3.63) is 66.0 Å². The summed E-state index contributed by atoms with van der Waals surface area (Å²) in [6.45, 7) is 8.64. The number of aromatic hydroxyl groups is 1. The van der Waals surface area contributed by atoms with Crippen LogP contribution >= 0.6 is 0 Å². The molecule has 1 aromatic carbocycles. The van der Waals surface area contributed by atoms with Crippen LogP contribution in [0.3, 0.4) is 0 Å². The standard InChI is InChI=1S/C25H31N7O/c1-18-4-3-5-22-24(18)29-25(32(22)16-21-23(33)7-6-19(2)27-21)28-20-8-11-30(12-9-20)14-15-31-13-10-26-17-31/h3-7,10,13,17,20,33H,8-9,11-12,14-16H2,1-2H3,(H,28,29). The number of para-hydroxylation sites is 1. The van der Waals surface area contributed by atoms with Gasteiger partial charge in [-0.3, -0.25) is 4.98 Å². The molecule has 1 aliphatic heterocycles. The van der Waals surface area contributed by atoms with Crippen LogP contribution in [0.5, 0.6) is 5.75 Å². The summed E-state index contributed by atoms with van der Waals surface area (Å²) in [4.78, 5) is 16.2. The van der Waals surface area contributed by atoms with E-state index in [0.717, 1.165) is 67.3 Å². The SMILES string of the molecule is Cc1ccc(O)c(Cn2c(NC3CCN(CCn4ccnc4)CC3)nc3c(C)cccc32)n1. The monoisotopic (exact) mass is 445 g/mol. The highest BCUT2D eigenvalue weighted by atomic mass is 16.3. The number of aromatic nitrogens is 5. The lowest BCUT2D eigenvalue weighted by Gasteiger charge is -2.32. The first kappa shape index (κ1) is 21.5. The summed E-state index contributed by atoms with van der Waals surface area (Å²) in [7, 11) is 0. The molecule has 4 aromatic rings. The van der Waals surface area contributed by atoms with E-state index in [1.54, 1.807) is 6.07 Å². The van der Waals surface area contributed by atoms with Crippen LogP contribution in [0.1, 0.15) is 29.8 Å². The van der Waals surface area contributed by atoms with Crippen molar-refractivity contribution in [2.24, 2.45) is 0 Å². The van der Waals surface area contributed by atoms with Gasteiger partial charge in [0.05, 0.1) is 23.9 Å². The number of imidazole rings is 2. The van der Waals surface area contributed by atoms with Crippen molar-refractivity contribution >= 4 is 17.0 Å². The highest BCUT2D eigenvalue weighted by Crippen LogP contribution is 2.27. The molecule has 0 spiro atoms. The van der Waals surface area contributed by atoms with Gasteiger partial charge in [0.2, 0.25) is 5.95 Å². The molecule has 5 rings (SSSR count). The lowest BCUT2D eigenvalue weighted by Crippen LogP contribution is -2.40. The molecule has 0 aliphatic carbocycles. The fourth-order valence-electron chi connectivity index (χ4n) is 4.59. The second-order valence-electron chi connectivity index (χ2n) is 8.94. The lowest BCUT2D eigenvalue weighted by molar-refractivity contribution is 0.211. The van der Waals surface area contributed by atoms with E-state index in [4.69, 9.17) is 4.98 Å². The molecule has 0 amide bonds. The number of rotatable bonds is 7. The van der Waals surface area contributed by atoms with E-state index in [0.29, 0.717) is 18.3 Å². The number of fused-ring (bicyclic) bond motifs is 1. The Morgan fingerprint density at radius 1 is 1.06 bits per heavy atom. The van der Waals surface area contributed by atoms with Gasteiger partial charge in [-0.25, -0.2) is 9.97 Å². The average molecular weight is 446 g/mol. The number of piperidine rings is 1. The first-order valence-corrected chi connectivity index (χ1v) is 11.6. The Morgan fingerprint density at radius 2 is 1.91 bits per heavy atom. The molecule has 8 nitrogen and oxygen atoms in total. The first-order valence-electron chi connectivity index (χ1n) is 11.6. The first-order chi connectivity index (χ1) is 16.1. The van der Waals surface area contributed by atoms with Gasteiger partial charge in [-0.1, -0.05) is 12.1 Å². The number of hydrogen-bond acceptors (Lipinski definition) is 6. The predicted octanol–water partition coefficient (Wildman–Crippen LogP) is 3.58. The summed E-state index contributed by atoms with van der Waals surface area (Å²) >= 11 is 0. The molecule has 172 valence electrons. The van der Waals surface area contributed by atoms with Crippen molar-refractivity contribution in [3.8, 4) is 5.75 Å². The predicted molar refractivity (Wildman–Crippen MR) is 130 cm³/mol. The maximum absolute atomic E-state index is 10.4. The van der Waals surface area contributed by atoms with E-state index in [9.17, 15) is 5.11 Å². The second kappa shape index (κ2) is 9.23. The Labute approximate surface area is 193 Å². The number of likely N-dealkylation sites (tertiary alicyclic amines) is 1. The number of benzene rings is 1. The van der Waals surface area contributed by atoms with E-state index >= 15 is 0 Å². The molecule has 0 saturated carbocycles. The van der Waals surface area contributed by atoms with Crippen LogP contribution in [0.15, 0.2) is 49.1 Å². The Kier molecular flexibility index (Phi) is 6.00. The zero-order chi connectivity index (χ0) is 22.8. The van der Waals surface area contributed by atoms with E-state index < -0.39 is 0 Å². The lowest BCUT2D eigenvalue weighted by atomic mass is 10.1. The molecular weight excluding hydrogens is 414 g/mol. The minimum absolute atomic E-state index is 0.215. The van der Waals surface area contributed by atoms with Gasteiger partial charge in [0, 0.05) is 50.3 Å². The zero-order valence-electron chi connectivity index (χ0n) is 19.3. The minimum atomic E-state index is 0.215. The number of nitrogens with one attached hydrogen (secondary N) is 1. The largest absolute Gasteiger partial charge is 0.506 e. The maximum atomic E-state index is 10.4. The average Bonchev–Trinajstić information content (AvgIpc) is 3.45. The molecule has 0 atom stereocenters. The van der Waals surface area contributed by atoms with Crippen molar-refractivity contribution in [1.82, 2.24) is 29.0 Å². The molecule has 0 unspecified atom stereocenters. The Hall–Kier alpha value is -3.39. The molecule has 33 heavy (non-hydrogen) atoms. The topological polar surface area (TPSA) is 84.0 Å². The van der Waals surface area contributed by atoms with Gasteiger partial charge in [0.15, 0.2) is 0 Å². The smallest absolute Gasteiger partial charge is 0.204 e. The number of hydrogen-bond donors (Lipinski definition) is 2. The van der Waals surface area contributed by atoms with Gasteiger partial charge < -0.3 is 24.5 Å². The molecule has 8 heteroatoms. The van der Waals surface area contributed by atoms with Crippen molar-refractivity contribution < 1.29 is 5.11 Å². The van der Waals surface area contributed by atoms with Crippen LogP contribution < -0.4 is 5.32 Å². The number of pyridine rings is 1. The van der Waals surface area contributed by atoms with Crippen molar-refractivity contribution in [2.75, 3.05) is 25.0 Å². The van der Waals surface area contributed by atoms with Crippen LogP contribution in [0.2, 0.25) is 0 Å². The number of anilines is 1. The molecule has 1 fully saturated rings. The van der Waals surface area contributed by atoms with Crippen molar-refractivity contribution in [1.29, 1.82) is 0 Å². The molecule has 0 radical (unpaired) electrons. The third kappa shape index (κ3) is 4.71. The zero-order valence-corrected chi connectivity index (χ0v) is 19.3. The quantitative estimate of drug-likeness (QED) is 0.452. The third-order valence-electron chi connectivity index (χ3n) is 6.53. The summed E-state index contributed by atoms with van der Waals surface area (Å²) in [6, 6.07) is 10.1. The van der Waals surface area contributed by atoms with Crippen LogP contribution in [0, 0.1) is 13.8 Å². The Morgan fingerprint density at radius 3 is 2.70 bits per heavy atom. The van der Waals surface area contributed by atoms with Gasteiger partial charge in [-0.05, 0) is 50.5 Å². The van der Waals surface area contributed by atoms with Gasteiger partial charge in [0.1, 0.15) is 11.4 Å². The summed E-state index contributed by atoms with van der Waals surface area (Å²) < 4.78 is 4.28. The Bertz CT molecular complexity index is 1220. The fourth-order valence-corrected chi connectivity index (χ4v) is 4.59. The molecule has 3 aromatic heterocycles. The highest BCUT2D eigenvalue weighted by Gasteiger charge is 2.22. The molecule has 2 N–H and O–H groups in total. The summed E-state index contributed by atoms with van der Waals surface area (Å²) in [6.07, 6.45) is 7.86. The fraction of sp³-hybridized carbons (Fsp3) is 0.400. The molecule has 1 aliphatic rings. The van der Waals surface area contributed by atoms with Gasteiger partial charge in [-0.2, -0.15) is 0 Å². The van der Waals surface area contributed by atoms with Crippen LogP contribution in [0.25, 0.3) is 11.0 Å². The summed E-state index contributed by atoms with van der Waals surface area (Å²) in [5, 5.41) is 14.1. The third-order valence-corrected chi connectivity index (χ3v) is 6.53. The second-order valence-corrected chi connectivity index (χ2v) is 8.94. The van der Waals surface area contributed by atoms with Gasteiger partial charge in [-0.15, -0.1) is 0 Å². The molecule has 0 bridgehead atoms. The van der Waals surface area contributed by atoms with Crippen molar-refractivity contribution in [2.45, 2.75) is 45.8 Å². The van der Waals surface area contributed by atoms with Crippen LogP contribution in [-0.2, 0) is 13.1 Å². The summed E-state index contributed by atoms with van der Waals surface area (Å²) in [5.74, 6) is 1.06. The molecular formula is C25H31N7O.